The molecule has 4 rings (SSSR count). The van der Waals surface area contributed by atoms with E-state index in [0.29, 0.717) is 29.8 Å². The first-order chi connectivity index (χ1) is 15.7. The van der Waals surface area contributed by atoms with E-state index < -0.39 is 15.8 Å². The number of sulfone groups is 1. The van der Waals surface area contributed by atoms with E-state index in [-0.39, 0.29) is 22.5 Å². The number of anilines is 2. The molecule has 0 bridgehead atoms. The average molecular weight is 463 g/mol. The molecule has 1 heterocycles. The lowest BCUT2D eigenvalue weighted by Gasteiger charge is -2.21. The van der Waals surface area contributed by atoms with Crippen LogP contribution in [0.3, 0.4) is 0 Å². The normalized spacial score (nSPS) is 14.2. The van der Waals surface area contributed by atoms with Crippen molar-refractivity contribution in [3.8, 4) is 0 Å². The number of hydrogen-bond acceptors (Lipinski definition) is 4. The summed E-state index contributed by atoms with van der Waals surface area (Å²) >= 11 is 0. The van der Waals surface area contributed by atoms with Gasteiger partial charge >= 0.3 is 0 Å². The van der Waals surface area contributed by atoms with Crippen LogP contribution in [-0.2, 0) is 25.8 Å². The second-order valence-electron chi connectivity index (χ2n) is 8.37. The van der Waals surface area contributed by atoms with Gasteiger partial charge in [-0.2, -0.15) is 0 Å². The lowest BCUT2D eigenvalue weighted by molar-refractivity contribution is -0.117. The lowest BCUT2D eigenvalue weighted by Crippen LogP contribution is -2.28. The first-order valence-electron chi connectivity index (χ1n) is 10.8. The molecule has 0 spiro atoms. The van der Waals surface area contributed by atoms with Gasteiger partial charge in [0.15, 0.2) is 9.84 Å². The molecule has 1 atom stereocenters. The number of carbonyl (C=O) groups is 2. The third-order valence-electron chi connectivity index (χ3n) is 5.97. The first-order valence-corrected chi connectivity index (χ1v) is 12.5. The highest BCUT2D eigenvalue weighted by Gasteiger charge is 2.30. The van der Waals surface area contributed by atoms with Crippen molar-refractivity contribution in [2.75, 3.05) is 16.4 Å². The van der Waals surface area contributed by atoms with Crippen LogP contribution in [0.2, 0.25) is 0 Å². The van der Waals surface area contributed by atoms with Crippen molar-refractivity contribution in [3.63, 3.8) is 0 Å². The monoisotopic (exact) mass is 462 g/mol. The zero-order valence-electron chi connectivity index (χ0n) is 18.6. The van der Waals surface area contributed by atoms with Crippen molar-refractivity contribution < 1.29 is 18.0 Å². The third kappa shape index (κ3) is 4.98. The highest BCUT2D eigenvalue weighted by molar-refractivity contribution is 7.91. The van der Waals surface area contributed by atoms with Gasteiger partial charge in [0.1, 0.15) is 0 Å². The highest BCUT2D eigenvalue weighted by atomic mass is 32.2. The standard InChI is InChI=1S/C26H26N2O4S/c1-17-7-6-8-18(2)25(17)28-26(30)22(19-9-4-3-5-10-19)16-33(31,32)21-12-13-23-20(15-21)11-14-24(29)27-23/h3-10,12-13,15,22H,11,14,16H2,1-2H3,(H,27,29)(H,28,30). The van der Waals surface area contributed by atoms with E-state index in [2.05, 4.69) is 10.6 Å². The van der Waals surface area contributed by atoms with E-state index in [1.807, 2.05) is 38.1 Å². The van der Waals surface area contributed by atoms with Crippen LogP contribution in [0.25, 0.3) is 0 Å². The summed E-state index contributed by atoms with van der Waals surface area (Å²) in [6, 6.07) is 19.4. The van der Waals surface area contributed by atoms with E-state index in [9.17, 15) is 18.0 Å². The van der Waals surface area contributed by atoms with E-state index >= 15 is 0 Å². The van der Waals surface area contributed by atoms with Crippen molar-refractivity contribution in [2.45, 2.75) is 37.5 Å². The molecular weight excluding hydrogens is 436 g/mol. The minimum absolute atomic E-state index is 0.0783. The molecule has 1 aliphatic heterocycles. The van der Waals surface area contributed by atoms with Crippen LogP contribution in [0.4, 0.5) is 11.4 Å². The molecule has 0 aliphatic carbocycles. The topological polar surface area (TPSA) is 92.3 Å². The Bertz CT molecular complexity index is 1300. The van der Waals surface area contributed by atoms with Gasteiger partial charge in [-0.3, -0.25) is 9.59 Å². The van der Waals surface area contributed by atoms with Crippen molar-refractivity contribution >= 4 is 33.0 Å². The number of hydrogen-bond donors (Lipinski definition) is 2. The summed E-state index contributed by atoms with van der Waals surface area (Å²) < 4.78 is 26.8. The summed E-state index contributed by atoms with van der Waals surface area (Å²) in [6.07, 6.45) is 0.807. The molecule has 0 saturated carbocycles. The summed E-state index contributed by atoms with van der Waals surface area (Å²) in [4.78, 5) is 25.1. The number of nitrogens with one attached hydrogen (secondary N) is 2. The number of amides is 2. The van der Waals surface area contributed by atoms with Gasteiger partial charge in [-0.25, -0.2) is 8.42 Å². The Morgan fingerprint density at radius 1 is 0.970 bits per heavy atom. The summed E-state index contributed by atoms with van der Waals surface area (Å²) in [5.74, 6) is -1.69. The zero-order chi connectivity index (χ0) is 23.6. The van der Waals surface area contributed by atoms with Crippen molar-refractivity contribution in [1.82, 2.24) is 0 Å². The molecule has 3 aromatic carbocycles. The van der Waals surface area contributed by atoms with Crippen molar-refractivity contribution in [1.29, 1.82) is 0 Å². The van der Waals surface area contributed by atoms with Crippen molar-refractivity contribution in [2.24, 2.45) is 0 Å². The average Bonchev–Trinajstić information content (AvgIpc) is 2.80. The number of benzene rings is 3. The molecule has 2 N–H and O–H groups in total. The Morgan fingerprint density at radius 2 is 1.67 bits per heavy atom. The van der Waals surface area contributed by atoms with Crippen LogP contribution in [0.5, 0.6) is 0 Å². The van der Waals surface area contributed by atoms with E-state index in [4.69, 9.17) is 0 Å². The molecule has 0 saturated heterocycles. The van der Waals surface area contributed by atoms with Gasteiger partial charge < -0.3 is 10.6 Å². The number of para-hydroxylation sites is 1. The van der Waals surface area contributed by atoms with Gasteiger partial charge in [0.2, 0.25) is 11.8 Å². The molecule has 0 radical (unpaired) electrons. The van der Waals surface area contributed by atoms with Gasteiger partial charge in [-0.15, -0.1) is 0 Å². The Hall–Kier alpha value is -3.45. The maximum atomic E-state index is 13.4. The number of aryl methyl sites for hydroxylation is 3. The molecule has 3 aromatic rings. The Labute approximate surface area is 194 Å². The minimum atomic E-state index is -3.79. The molecule has 7 heteroatoms. The van der Waals surface area contributed by atoms with Gasteiger partial charge in [-0.1, -0.05) is 48.5 Å². The number of carbonyl (C=O) groups excluding carboxylic acids is 2. The predicted octanol–water partition coefficient (Wildman–Crippen LogP) is 4.38. The minimum Gasteiger partial charge on any atom is -0.326 e. The third-order valence-corrected chi connectivity index (χ3v) is 7.71. The fraction of sp³-hybridized carbons (Fsp3) is 0.231. The molecule has 0 aromatic heterocycles. The highest BCUT2D eigenvalue weighted by Crippen LogP contribution is 2.29. The van der Waals surface area contributed by atoms with Crippen LogP contribution in [0, 0.1) is 13.8 Å². The maximum absolute atomic E-state index is 13.4. The summed E-state index contributed by atoms with van der Waals surface area (Å²) in [5, 5.41) is 5.72. The lowest BCUT2D eigenvalue weighted by atomic mass is 9.99. The van der Waals surface area contributed by atoms with Gasteiger partial charge in [0, 0.05) is 17.8 Å². The molecule has 2 amide bonds. The predicted molar refractivity (Wildman–Crippen MR) is 129 cm³/mol. The van der Waals surface area contributed by atoms with Gasteiger partial charge in [0.05, 0.1) is 16.6 Å². The van der Waals surface area contributed by atoms with Crippen LogP contribution in [0.1, 0.15) is 34.6 Å². The van der Waals surface area contributed by atoms with Crippen LogP contribution in [0.15, 0.2) is 71.6 Å². The Balaban J connectivity index is 1.66. The Morgan fingerprint density at radius 3 is 2.36 bits per heavy atom. The van der Waals surface area contributed by atoms with E-state index in [0.717, 1.165) is 16.7 Å². The van der Waals surface area contributed by atoms with Crippen molar-refractivity contribution in [3.05, 3.63) is 89.0 Å². The smallest absolute Gasteiger partial charge is 0.232 e. The largest absolute Gasteiger partial charge is 0.326 e. The second-order valence-corrected chi connectivity index (χ2v) is 10.4. The molecule has 1 unspecified atom stereocenters. The van der Waals surface area contributed by atoms with Crippen LogP contribution >= 0.6 is 0 Å². The first kappa shape index (κ1) is 22.7. The second kappa shape index (κ2) is 9.19. The van der Waals surface area contributed by atoms with Crippen LogP contribution < -0.4 is 10.6 Å². The summed E-state index contributed by atoms with van der Waals surface area (Å²) in [5.41, 5.74) is 4.58. The fourth-order valence-corrected chi connectivity index (χ4v) is 5.67. The molecule has 170 valence electrons. The van der Waals surface area contributed by atoms with Gasteiger partial charge in [-0.05, 0) is 60.7 Å². The zero-order valence-corrected chi connectivity index (χ0v) is 19.4. The van der Waals surface area contributed by atoms with Gasteiger partial charge in [0.25, 0.3) is 0 Å². The number of rotatable bonds is 6. The molecule has 0 fully saturated rings. The number of fused-ring (bicyclic) bond motifs is 1. The quantitative estimate of drug-likeness (QED) is 0.568. The fourth-order valence-electron chi connectivity index (χ4n) is 4.10. The van der Waals surface area contributed by atoms with E-state index in [1.165, 1.54) is 6.07 Å². The molecule has 6 nitrogen and oxygen atoms in total. The Kier molecular flexibility index (Phi) is 6.33. The van der Waals surface area contributed by atoms with E-state index in [1.54, 1.807) is 36.4 Å². The molecule has 33 heavy (non-hydrogen) atoms. The summed E-state index contributed by atoms with van der Waals surface area (Å²) in [7, 11) is -3.79. The SMILES string of the molecule is Cc1cccc(C)c1NC(=O)C(CS(=O)(=O)c1ccc2c(c1)CCC(=O)N2)c1ccccc1. The molecular formula is C26H26N2O4S. The maximum Gasteiger partial charge on any atom is 0.232 e. The molecule has 1 aliphatic rings. The van der Waals surface area contributed by atoms with Crippen LogP contribution in [-0.4, -0.2) is 26.0 Å². The summed E-state index contributed by atoms with van der Waals surface area (Å²) in [6.45, 7) is 3.81.